The topological polar surface area (TPSA) is 23.6 Å². The van der Waals surface area contributed by atoms with Gasteiger partial charge in [0.05, 0.1) is 0 Å². The Morgan fingerprint density at radius 1 is 0.920 bits per heavy atom. The van der Waals surface area contributed by atoms with Gasteiger partial charge < -0.3 is 37.5 Å². The Morgan fingerprint density at radius 3 is 1.92 bits per heavy atom. The largest absolute Gasteiger partial charge is 0.358 e. The van der Waals surface area contributed by atoms with Crippen LogP contribution in [0.25, 0.3) is 0 Å². The zero-order chi connectivity index (χ0) is 15.7. The maximum Gasteiger partial charge on any atom is 0.146 e. The van der Waals surface area contributed by atoms with Crippen LogP contribution in [-0.4, -0.2) is 53.8 Å². The van der Waals surface area contributed by atoms with Crippen molar-refractivity contribution in [2.75, 3.05) is 26.2 Å². The average molecular weight is 502 g/mol. The van der Waals surface area contributed by atoms with Crippen molar-refractivity contribution in [3.05, 3.63) is 27.7 Å². The third kappa shape index (κ3) is 12.1. The Balaban J connectivity index is -0.000000152. The van der Waals surface area contributed by atoms with Gasteiger partial charge in [0.2, 0.25) is 0 Å². The summed E-state index contributed by atoms with van der Waals surface area (Å²) in [7, 11) is 0. The van der Waals surface area contributed by atoms with Gasteiger partial charge in [0.25, 0.3) is 0 Å². The molecule has 2 unspecified atom stereocenters. The Bertz CT molecular complexity index is 303. The van der Waals surface area contributed by atoms with Crippen LogP contribution in [0, 0.1) is 27.7 Å². The Hall–Kier alpha value is 1.80. The van der Waals surface area contributed by atoms with Gasteiger partial charge in [0.15, 0.2) is 0 Å². The van der Waals surface area contributed by atoms with Crippen molar-refractivity contribution in [1.29, 1.82) is 0 Å². The summed E-state index contributed by atoms with van der Waals surface area (Å²) in [5.41, 5.74) is 0. The molecule has 0 bridgehead atoms. The first kappa shape index (κ1) is 34.3. The molecule has 2 aliphatic heterocycles. The molecule has 0 spiro atoms. The quantitative estimate of drug-likeness (QED) is 0.508. The van der Waals surface area contributed by atoms with E-state index in [2.05, 4.69) is 43.4 Å². The third-order valence-corrected chi connectivity index (χ3v) is 4.67. The second kappa shape index (κ2) is 20.5. The molecule has 0 saturated carbocycles. The number of likely N-dealkylation sites (N-methyl/N-ethyl adjacent to an activating group) is 1. The molecule has 0 N–H and O–H groups in total. The van der Waals surface area contributed by atoms with Gasteiger partial charge in [-0.2, -0.15) is 12.8 Å². The van der Waals surface area contributed by atoms with E-state index < -0.39 is 0 Å². The van der Waals surface area contributed by atoms with Crippen LogP contribution in [0.2, 0.25) is 0 Å². The van der Waals surface area contributed by atoms with Crippen LogP contribution < -0.4 is 0 Å². The number of rotatable bonds is 6. The van der Waals surface area contributed by atoms with Crippen molar-refractivity contribution in [2.24, 2.45) is 0 Å². The van der Waals surface area contributed by atoms with E-state index in [0.717, 1.165) is 25.6 Å². The van der Waals surface area contributed by atoms with Gasteiger partial charge in [0, 0.05) is 77.9 Å². The summed E-state index contributed by atoms with van der Waals surface area (Å²) in [6.07, 6.45) is 10.3. The number of ketones is 1. The van der Waals surface area contributed by atoms with Crippen molar-refractivity contribution in [3.63, 3.8) is 0 Å². The molecule has 2 rings (SSSR count). The van der Waals surface area contributed by atoms with Gasteiger partial charge in [-0.05, 0) is 25.6 Å². The molecule has 3 nitrogen and oxygen atoms in total. The number of carbonyl (C=O) groups excluding carboxylic acids is 1. The fourth-order valence-corrected chi connectivity index (χ4v) is 3.35. The van der Waals surface area contributed by atoms with Crippen LogP contribution in [-0.2, 0) is 70.2 Å². The van der Waals surface area contributed by atoms with Crippen molar-refractivity contribution < 1.29 is 70.2 Å². The molecule has 2 atom stereocenters. The summed E-state index contributed by atoms with van der Waals surface area (Å²) < 4.78 is 0. The van der Waals surface area contributed by atoms with E-state index in [4.69, 9.17) is 0 Å². The van der Waals surface area contributed by atoms with E-state index in [-0.39, 0.29) is 86.3 Å². The van der Waals surface area contributed by atoms with Crippen LogP contribution in [0.5, 0.6) is 0 Å². The number of carbonyl (C=O) groups is 1. The van der Waals surface area contributed by atoms with Crippen LogP contribution in [0.3, 0.4) is 0 Å². The van der Waals surface area contributed by atoms with Crippen molar-refractivity contribution >= 4 is 5.78 Å². The molecule has 0 aromatic heterocycles. The fourth-order valence-electron chi connectivity index (χ4n) is 3.35. The molecule has 25 heavy (non-hydrogen) atoms. The van der Waals surface area contributed by atoms with E-state index in [0.29, 0.717) is 12.2 Å². The second-order valence-electron chi connectivity index (χ2n) is 6.00. The van der Waals surface area contributed by atoms with E-state index >= 15 is 0 Å². The van der Waals surface area contributed by atoms with Crippen LogP contribution in [0.1, 0.15) is 59.8 Å². The van der Waals surface area contributed by atoms with Gasteiger partial charge in [-0.3, -0.25) is 4.79 Å². The predicted octanol–water partition coefficient (Wildman–Crippen LogP) is 4.24. The van der Waals surface area contributed by atoms with Gasteiger partial charge in [-0.1, -0.05) is 34.1 Å². The Kier molecular flexibility index (Phi) is 28.2. The maximum absolute atomic E-state index is 11.3. The first-order valence-corrected chi connectivity index (χ1v) is 8.81. The standard InChI is InChI=1S/C9H16NO.C9H18N.2CH3.2Y/c1-3-9(11)8-6-5-7-10(8)4-2;1-3-6-9-7-5-8-10(9)4-2;;;;/h5,8H,3-4,6-7H2,1-2H3;5,9H,3-4,6-8H2,1-2H3;2*1H3;;/q4*-1;;. The first-order valence-electron chi connectivity index (χ1n) is 8.81. The van der Waals surface area contributed by atoms with Crippen molar-refractivity contribution in [1.82, 2.24) is 9.80 Å². The molecule has 0 aromatic rings. The minimum absolute atomic E-state index is 0. The molecular formula is C20H40N2OY2-4. The normalized spacial score (nSPS) is 22.4. The summed E-state index contributed by atoms with van der Waals surface area (Å²) in [4.78, 5) is 16.1. The number of nitrogens with zero attached hydrogens (tertiary/aromatic N) is 2. The average Bonchev–Trinajstić information content (AvgIpc) is 3.15. The number of Topliss-reactive ketones (excluding diaryl/α,β-unsaturated/α-hetero) is 1. The number of hydrogen-bond acceptors (Lipinski definition) is 3. The van der Waals surface area contributed by atoms with E-state index in [1.54, 1.807) is 0 Å². The molecule has 2 heterocycles. The predicted molar refractivity (Wildman–Crippen MR) is 103 cm³/mol. The molecule has 2 saturated heterocycles. The summed E-state index contributed by atoms with van der Waals surface area (Å²) in [6, 6.07) is 1.07. The zero-order valence-corrected chi connectivity index (χ0v) is 23.3. The first-order chi connectivity index (χ1) is 10.2. The molecule has 0 amide bonds. The summed E-state index contributed by atoms with van der Waals surface area (Å²) in [5.74, 6) is 0.389. The van der Waals surface area contributed by atoms with Gasteiger partial charge in [-0.25, -0.2) is 0 Å². The fraction of sp³-hybridized carbons (Fsp3) is 0.750. The van der Waals surface area contributed by atoms with Gasteiger partial charge in [-0.15, -0.1) is 13.1 Å². The SMILES string of the molecule is CCC(=O)C1C[CH-]CN1CC.CCCC1C[CH-]CN1CC.[CH3-].[CH3-].[Y].[Y]. The van der Waals surface area contributed by atoms with E-state index in [1.807, 2.05) is 6.92 Å². The van der Waals surface area contributed by atoms with Gasteiger partial charge >= 0.3 is 0 Å². The molecule has 5 heteroatoms. The van der Waals surface area contributed by atoms with Crippen molar-refractivity contribution in [3.8, 4) is 0 Å². The molecule has 146 valence electrons. The molecule has 2 aliphatic rings. The Morgan fingerprint density at radius 2 is 1.44 bits per heavy atom. The summed E-state index contributed by atoms with van der Waals surface area (Å²) >= 11 is 0. The van der Waals surface area contributed by atoms with Crippen molar-refractivity contribution in [2.45, 2.75) is 71.9 Å². The summed E-state index contributed by atoms with van der Waals surface area (Å²) in [6.45, 7) is 13.0. The number of hydrogen-bond donors (Lipinski definition) is 0. The molecule has 2 radical (unpaired) electrons. The van der Waals surface area contributed by atoms with Crippen LogP contribution >= 0.6 is 0 Å². The smallest absolute Gasteiger partial charge is 0.146 e. The monoisotopic (exact) mass is 502 g/mol. The minimum Gasteiger partial charge on any atom is -0.358 e. The minimum atomic E-state index is 0. The van der Waals surface area contributed by atoms with E-state index in [1.165, 1.54) is 32.4 Å². The number of likely N-dealkylation sites (tertiary alicyclic amines) is 2. The van der Waals surface area contributed by atoms with E-state index in [9.17, 15) is 4.79 Å². The van der Waals surface area contributed by atoms with Crippen LogP contribution in [0.15, 0.2) is 0 Å². The Labute approximate surface area is 209 Å². The molecule has 0 aliphatic carbocycles. The van der Waals surface area contributed by atoms with Crippen LogP contribution in [0.4, 0.5) is 0 Å². The molecule has 0 aromatic carbocycles. The third-order valence-electron chi connectivity index (χ3n) is 4.67. The zero-order valence-electron chi connectivity index (χ0n) is 17.6. The van der Waals surface area contributed by atoms with Gasteiger partial charge in [0.1, 0.15) is 5.78 Å². The molecular weight excluding hydrogens is 462 g/mol. The molecule has 2 fully saturated rings. The second-order valence-corrected chi connectivity index (χ2v) is 6.00. The maximum atomic E-state index is 11.3. The summed E-state index contributed by atoms with van der Waals surface area (Å²) in [5, 5.41) is 0.